The number of anilines is 2. The third-order valence-corrected chi connectivity index (χ3v) is 5.63. The van der Waals surface area contributed by atoms with Gasteiger partial charge in [0.2, 0.25) is 0 Å². The molecule has 1 aromatic carbocycles. The van der Waals surface area contributed by atoms with Crippen LogP contribution >= 0.6 is 11.3 Å². The number of carbonyl (C=O) groups is 1. The Labute approximate surface area is 183 Å². The van der Waals surface area contributed by atoms with Gasteiger partial charge in [0.15, 0.2) is 5.13 Å². The number of nitrogens with one attached hydrogen (secondary N) is 4. The van der Waals surface area contributed by atoms with E-state index in [1.165, 1.54) is 11.3 Å². The van der Waals surface area contributed by atoms with E-state index in [0.717, 1.165) is 45.7 Å². The molecule has 3 aromatic rings. The molecule has 158 valence electrons. The van der Waals surface area contributed by atoms with E-state index >= 15 is 0 Å². The number of imidazole rings is 1. The summed E-state index contributed by atoms with van der Waals surface area (Å²) in [6.07, 6.45) is 6.80. The number of nitrogens with zero attached hydrogens (tertiary/aromatic N) is 3. The summed E-state index contributed by atoms with van der Waals surface area (Å²) < 4.78 is 0. The number of aromatic nitrogens is 5. The minimum absolute atomic E-state index is 0.345. The van der Waals surface area contributed by atoms with Gasteiger partial charge in [-0.15, -0.1) is 11.3 Å². The number of benzene rings is 1. The van der Waals surface area contributed by atoms with Crippen molar-refractivity contribution in [3.63, 3.8) is 0 Å². The smallest absolute Gasteiger partial charge is 0.325 e. The molecule has 9 heteroatoms. The van der Waals surface area contributed by atoms with Crippen molar-refractivity contribution in [1.82, 2.24) is 24.9 Å². The molecule has 2 amide bonds. The monoisotopic (exact) mass is 433 g/mol. The fraction of sp³-hybridized carbons (Fsp3) is 0.182. The lowest BCUT2D eigenvalue weighted by atomic mass is 10.1. The second-order valence-electron chi connectivity index (χ2n) is 6.52. The van der Waals surface area contributed by atoms with Crippen LogP contribution in [0.5, 0.6) is 0 Å². The van der Waals surface area contributed by atoms with Crippen LogP contribution in [-0.4, -0.2) is 31.0 Å². The first-order valence-electron chi connectivity index (χ1n) is 10.1. The van der Waals surface area contributed by atoms with Crippen molar-refractivity contribution in [2.45, 2.75) is 26.7 Å². The zero-order valence-corrected chi connectivity index (χ0v) is 18.1. The van der Waals surface area contributed by atoms with E-state index in [4.69, 9.17) is 0 Å². The quantitative estimate of drug-likeness (QED) is 0.301. The van der Waals surface area contributed by atoms with Crippen LogP contribution in [0.1, 0.15) is 24.4 Å². The molecule has 2 aromatic heterocycles. The van der Waals surface area contributed by atoms with E-state index in [0.29, 0.717) is 10.8 Å². The van der Waals surface area contributed by atoms with Gasteiger partial charge >= 0.3 is 6.03 Å². The maximum atomic E-state index is 12.3. The van der Waals surface area contributed by atoms with Gasteiger partial charge in [0.05, 0.1) is 29.6 Å². The summed E-state index contributed by atoms with van der Waals surface area (Å²) in [4.78, 5) is 32.6. The van der Waals surface area contributed by atoms with Crippen LogP contribution < -0.4 is 10.6 Å². The van der Waals surface area contributed by atoms with Crippen LogP contribution in [-0.2, 0) is 12.8 Å². The summed E-state index contributed by atoms with van der Waals surface area (Å²) in [5.74, 6) is 0. The number of hydrogen-bond donors (Lipinski definition) is 4. The van der Waals surface area contributed by atoms with Gasteiger partial charge in [0, 0.05) is 22.3 Å². The molecular weight excluding hydrogens is 410 g/mol. The summed E-state index contributed by atoms with van der Waals surface area (Å²) in [5.41, 5.74) is 5.51. The molecule has 5 rings (SSSR count). The Kier molecular flexibility index (Phi) is 6.23. The number of H-pyrrole nitrogens is 2. The number of urea groups is 1. The van der Waals surface area contributed by atoms with Crippen LogP contribution in [0.3, 0.4) is 0 Å². The average Bonchev–Trinajstić information content (AvgIpc) is 3.54. The van der Waals surface area contributed by atoms with Gasteiger partial charge in [-0.05, 0) is 31.0 Å². The summed E-state index contributed by atoms with van der Waals surface area (Å²) >= 11 is 1.47. The fourth-order valence-electron chi connectivity index (χ4n) is 3.29. The molecule has 0 saturated carbocycles. The van der Waals surface area contributed by atoms with Gasteiger partial charge in [0.1, 0.15) is 5.52 Å². The Morgan fingerprint density at radius 3 is 2.71 bits per heavy atom. The Morgan fingerprint density at radius 1 is 0.968 bits per heavy atom. The third-order valence-electron chi connectivity index (χ3n) is 4.65. The van der Waals surface area contributed by atoms with Crippen molar-refractivity contribution in [3.8, 4) is 11.3 Å². The molecule has 0 radical (unpaired) electrons. The highest BCUT2D eigenvalue weighted by molar-refractivity contribution is 7.15. The maximum Gasteiger partial charge on any atom is 0.325 e. The second-order valence-corrected chi connectivity index (χ2v) is 7.64. The van der Waals surface area contributed by atoms with Crippen LogP contribution in [0.15, 0.2) is 55.2 Å². The van der Waals surface area contributed by atoms with E-state index in [1.54, 1.807) is 18.9 Å². The predicted octanol–water partition coefficient (Wildman–Crippen LogP) is 5.30. The number of aromatic amines is 2. The third kappa shape index (κ3) is 4.56. The first-order chi connectivity index (χ1) is 15.3. The van der Waals surface area contributed by atoms with Gasteiger partial charge in [-0.3, -0.25) is 5.32 Å². The highest BCUT2D eigenvalue weighted by Crippen LogP contribution is 2.26. The van der Waals surface area contributed by atoms with Crippen LogP contribution in [0.25, 0.3) is 22.3 Å². The summed E-state index contributed by atoms with van der Waals surface area (Å²) in [5, 5.41) is 6.18. The fourth-order valence-corrected chi connectivity index (χ4v) is 4.10. The van der Waals surface area contributed by atoms with E-state index < -0.39 is 0 Å². The number of rotatable bonds is 5. The topological polar surface area (TPSA) is 111 Å². The molecular formula is C22H23N7OS. The van der Waals surface area contributed by atoms with Gasteiger partial charge in [-0.2, -0.15) is 0 Å². The van der Waals surface area contributed by atoms with Gasteiger partial charge in [0.25, 0.3) is 0 Å². The molecule has 1 aliphatic carbocycles. The SMILES string of the molecule is CC.O=C(Nc1ncc(CCc2[nH]cnc3cccc2-3)s1)Nc1cccc2[nH]cnc12. The highest BCUT2D eigenvalue weighted by Gasteiger charge is 2.12. The molecule has 4 N–H and O–H groups in total. The van der Waals surface area contributed by atoms with Crippen LogP contribution in [0.2, 0.25) is 0 Å². The van der Waals surface area contributed by atoms with Crippen LogP contribution in [0.4, 0.5) is 15.6 Å². The van der Waals surface area contributed by atoms with E-state index in [9.17, 15) is 4.79 Å². The molecule has 0 bridgehead atoms. The van der Waals surface area contributed by atoms with Crippen molar-refractivity contribution >= 4 is 39.2 Å². The largest absolute Gasteiger partial charge is 0.349 e. The molecule has 31 heavy (non-hydrogen) atoms. The summed E-state index contributed by atoms with van der Waals surface area (Å²) in [6, 6.07) is 11.3. The first kappa shape index (κ1) is 20.5. The molecule has 0 fully saturated rings. The minimum Gasteiger partial charge on any atom is -0.349 e. The Morgan fingerprint density at radius 2 is 1.81 bits per heavy atom. The van der Waals surface area contributed by atoms with Crippen molar-refractivity contribution in [1.29, 1.82) is 0 Å². The van der Waals surface area contributed by atoms with E-state index in [-0.39, 0.29) is 6.03 Å². The zero-order chi connectivity index (χ0) is 21.6. The molecule has 0 atom stereocenters. The van der Waals surface area contributed by atoms with Crippen molar-refractivity contribution < 1.29 is 4.79 Å². The van der Waals surface area contributed by atoms with E-state index in [2.05, 4.69) is 41.6 Å². The number of thiazole rings is 1. The molecule has 0 saturated heterocycles. The lowest BCUT2D eigenvalue weighted by Crippen LogP contribution is -2.19. The van der Waals surface area contributed by atoms with Crippen molar-refractivity contribution in [3.05, 3.63) is 65.8 Å². The highest BCUT2D eigenvalue weighted by atomic mass is 32.1. The Balaban J connectivity index is 0.00000112. The maximum absolute atomic E-state index is 12.3. The normalized spacial score (nSPS) is 10.6. The Hall–Kier alpha value is -3.72. The number of para-hydroxylation sites is 1. The molecule has 2 aliphatic rings. The van der Waals surface area contributed by atoms with Gasteiger partial charge in [-0.25, -0.2) is 19.7 Å². The second kappa shape index (κ2) is 9.40. The molecule has 8 nitrogen and oxygen atoms in total. The number of carbonyl (C=O) groups excluding carboxylic acids is 1. The number of hydrogen-bond acceptors (Lipinski definition) is 5. The number of fused-ring (bicyclic) bond motifs is 2. The van der Waals surface area contributed by atoms with Gasteiger partial charge in [-0.1, -0.05) is 32.0 Å². The Bertz CT molecular complexity index is 1260. The lowest BCUT2D eigenvalue weighted by Gasteiger charge is -2.06. The standard InChI is InChI=1S/C20H17N7OS.C2H6/c28-19(26-17-6-2-5-16-18(17)25-11-24-16)27-20-21-9-12(29-20)7-8-15-13-3-1-4-14(13)22-10-23-15;1-2/h1-6,9-11H,7-8H2,(H,22,23)(H,24,25)(H2,21,26,27,28);1-2H3. The average molecular weight is 434 g/mol. The summed E-state index contributed by atoms with van der Waals surface area (Å²) in [7, 11) is 0. The predicted molar refractivity (Wildman–Crippen MR) is 125 cm³/mol. The minimum atomic E-state index is -0.345. The van der Waals surface area contributed by atoms with Crippen LogP contribution in [0, 0.1) is 0 Å². The molecule has 0 spiro atoms. The number of amides is 2. The lowest BCUT2D eigenvalue weighted by molar-refractivity contribution is 0.262. The van der Waals surface area contributed by atoms with Crippen molar-refractivity contribution in [2.75, 3.05) is 10.6 Å². The first-order valence-corrected chi connectivity index (χ1v) is 10.9. The van der Waals surface area contributed by atoms with Crippen molar-refractivity contribution in [2.24, 2.45) is 0 Å². The van der Waals surface area contributed by atoms with E-state index in [1.807, 2.05) is 44.2 Å². The molecule has 3 heterocycles. The zero-order valence-electron chi connectivity index (χ0n) is 17.3. The number of aryl methyl sites for hydroxylation is 2. The summed E-state index contributed by atoms with van der Waals surface area (Å²) in [6.45, 7) is 4.00. The molecule has 1 aliphatic heterocycles. The van der Waals surface area contributed by atoms with Gasteiger partial charge < -0.3 is 15.3 Å². The molecule has 0 unspecified atom stereocenters.